The van der Waals surface area contributed by atoms with Crippen molar-refractivity contribution in [2.24, 2.45) is 5.92 Å². The second-order valence-electron chi connectivity index (χ2n) is 2.97. The van der Waals surface area contributed by atoms with Gasteiger partial charge in [0.25, 0.3) is 0 Å². The van der Waals surface area contributed by atoms with Crippen molar-refractivity contribution in [2.75, 3.05) is 0 Å². The van der Waals surface area contributed by atoms with E-state index in [0.717, 1.165) is 5.57 Å². The smallest absolute Gasteiger partial charge is 0.306 e. The Morgan fingerprint density at radius 2 is 2.36 bits per heavy atom. The molecular weight excluding hydrogens is 144 g/mol. The standard InChI is InChI=1S/C8H12O3/c1-5-2-3-6(8(10)11)4-7(5)9/h2,6-7,9H,3-4H2,1H3,(H,10,11). The predicted octanol–water partition coefficient (Wildman–Crippen LogP) is 0.788. The molecule has 2 N–H and O–H groups in total. The summed E-state index contributed by atoms with van der Waals surface area (Å²) in [7, 11) is 0. The van der Waals surface area contributed by atoms with Crippen molar-refractivity contribution >= 4 is 5.97 Å². The van der Waals surface area contributed by atoms with Crippen molar-refractivity contribution in [3.05, 3.63) is 11.6 Å². The molecule has 0 radical (unpaired) electrons. The van der Waals surface area contributed by atoms with E-state index in [-0.39, 0.29) is 0 Å². The predicted molar refractivity (Wildman–Crippen MR) is 40.1 cm³/mol. The van der Waals surface area contributed by atoms with Gasteiger partial charge in [0.2, 0.25) is 0 Å². The molecule has 0 bridgehead atoms. The highest BCUT2D eigenvalue weighted by atomic mass is 16.4. The minimum absolute atomic E-state index is 0.359. The van der Waals surface area contributed by atoms with Crippen LogP contribution in [0.1, 0.15) is 19.8 Å². The number of aliphatic hydroxyl groups excluding tert-OH is 1. The molecule has 1 rings (SSSR count). The van der Waals surface area contributed by atoms with Crippen LogP contribution in [-0.2, 0) is 4.79 Å². The van der Waals surface area contributed by atoms with E-state index in [1.54, 1.807) is 6.08 Å². The molecule has 0 aromatic carbocycles. The van der Waals surface area contributed by atoms with Gasteiger partial charge in [-0.2, -0.15) is 0 Å². The topological polar surface area (TPSA) is 57.5 Å². The van der Waals surface area contributed by atoms with E-state index in [2.05, 4.69) is 0 Å². The van der Waals surface area contributed by atoms with Crippen LogP contribution in [0.2, 0.25) is 0 Å². The molecule has 0 spiro atoms. The summed E-state index contributed by atoms with van der Waals surface area (Å²) < 4.78 is 0. The fourth-order valence-electron chi connectivity index (χ4n) is 1.22. The van der Waals surface area contributed by atoms with Crippen molar-refractivity contribution in [1.82, 2.24) is 0 Å². The molecule has 1 aliphatic rings. The summed E-state index contributed by atoms with van der Waals surface area (Å²) in [5.74, 6) is -1.21. The zero-order chi connectivity index (χ0) is 8.43. The van der Waals surface area contributed by atoms with Crippen molar-refractivity contribution in [3.63, 3.8) is 0 Å². The molecule has 2 unspecified atom stereocenters. The van der Waals surface area contributed by atoms with Gasteiger partial charge in [0.1, 0.15) is 0 Å². The fraction of sp³-hybridized carbons (Fsp3) is 0.625. The van der Waals surface area contributed by atoms with Gasteiger partial charge in [-0.1, -0.05) is 6.08 Å². The van der Waals surface area contributed by atoms with Crippen LogP contribution >= 0.6 is 0 Å². The summed E-state index contributed by atoms with van der Waals surface area (Å²) in [5.41, 5.74) is 0.891. The van der Waals surface area contributed by atoms with E-state index in [0.29, 0.717) is 12.8 Å². The van der Waals surface area contributed by atoms with Gasteiger partial charge in [0.05, 0.1) is 12.0 Å². The van der Waals surface area contributed by atoms with Crippen LogP contribution in [0.3, 0.4) is 0 Å². The molecule has 3 nitrogen and oxygen atoms in total. The third-order valence-electron chi connectivity index (χ3n) is 2.11. The Morgan fingerprint density at radius 1 is 1.73 bits per heavy atom. The molecule has 62 valence electrons. The molecule has 0 saturated heterocycles. The van der Waals surface area contributed by atoms with Crippen LogP contribution in [-0.4, -0.2) is 22.3 Å². The van der Waals surface area contributed by atoms with Crippen LogP contribution in [0, 0.1) is 5.92 Å². The van der Waals surface area contributed by atoms with E-state index in [9.17, 15) is 9.90 Å². The lowest BCUT2D eigenvalue weighted by molar-refractivity contribution is -0.142. The van der Waals surface area contributed by atoms with Crippen molar-refractivity contribution in [2.45, 2.75) is 25.9 Å². The lowest BCUT2D eigenvalue weighted by Gasteiger charge is -2.21. The SMILES string of the molecule is CC1=CCC(C(=O)O)CC1O. The van der Waals surface area contributed by atoms with Crippen molar-refractivity contribution in [1.29, 1.82) is 0 Å². The van der Waals surface area contributed by atoms with E-state index in [1.165, 1.54) is 0 Å². The Hall–Kier alpha value is -0.830. The first kappa shape index (κ1) is 8.27. The molecular formula is C8H12O3. The average molecular weight is 156 g/mol. The minimum Gasteiger partial charge on any atom is -0.481 e. The van der Waals surface area contributed by atoms with E-state index >= 15 is 0 Å². The van der Waals surface area contributed by atoms with Gasteiger partial charge in [0, 0.05) is 0 Å². The molecule has 2 atom stereocenters. The molecule has 3 heteroatoms. The second kappa shape index (κ2) is 3.05. The van der Waals surface area contributed by atoms with Crippen LogP contribution in [0.4, 0.5) is 0 Å². The molecule has 1 aliphatic carbocycles. The molecule has 0 fully saturated rings. The molecule has 0 aromatic rings. The zero-order valence-electron chi connectivity index (χ0n) is 6.45. The molecule has 0 aromatic heterocycles. The lowest BCUT2D eigenvalue weighted by atomic mass is 9.88. The first-order valence-electron chi connectivity index (χ1n) is 3.68. The zero-order valence-corrected chi connectivity index (χ0v) is 6.45. The largest absolute Gasteiger partial charge is 0.481 e. The first-order valence-corrected chi connectivity index (χ1v) is 3.68. The van der Waals surface area contributed by atoms with Crippen LogP contribution in [0.25, 0.3) is 0 Å². The van der Waals surface area contributed by atoms with E-state index in [1.807, 2.05) is 6.92 Å². The summed E-state index contributed by atoms with van der Waals surface area (Å²) in [4.78, 5) is 10.5. The van der Waals surface area contributed by atoms with Gasteiger partial charge in [-0.3, -0.25) is 4.79 Å². The lowest BCUT2D eigenvalue weighted by Crippen LogP contribution is -2.24. The molecule has 0 saturated carbocycles. The van der Waals surface area contributed by atoms with Gasteiger partial charge >= 0.3 is 5.97 Å². The number of aliphatic hydroxyl groups is 1. The monoisotopic (exact) mass is 156 g/mol. The van der Waals surface area contributed by atoms with Gasteiger partial charge in [-0.25, -0.2) is 0 Å². The average Bonchev–Trinajstić information content (AvgIpc) is 1.94. The summed E-state index contributed by atoms with van der Waals surface area (Å²) >= 11 is 0. The summed E-state index contributed by atoms with van der Waals surface area (Å²) in [6.45, 7) is 1.82. The maximum Gasteiger partial charge on any atom is 0.306 e. The number of carboxylic acids is 1. The van der Waals surface area contributed by atoms with Crippen molar-refractivity contribution in [3.8, 4) is 0 Å². The van der Waals surface area contributed by atoms with E-state index < -0.39 is 18.0 Å². The Balaban J connectivity index is 2.62. The highest BCUT2D eigenvalue weighted by molar-refractivity contribution is 5.70. The Kier molecular flexibility index (Phi) is 2.29. The van der Waals surface area contributed by atoms with Crippen LogP contribution in [0.5, 0.6) is 0 Å². The number of hydrogen-bond donors (Lipinski definition) is 2. The van der Waals surface area contributed by atoms with Gasteiger partial charge in [-0.05, 0) is 25.3 Å². The van der Waals surface area contributed by atoms with Gasteiger partial charge < -0.3 is 10.2 Å². The molecule has 0 aliphatic heterocycles. The number of carbonyl (C=O) groups is 1. The van der Waals surface area contributed by atoms with Gasteiger partial charge in [0.15, 0.2) is 0 Å². The van der Waals surface area contributed by atoms with Crippen LogP contribution in [0.15, 0.2) is 11.6 Å². The third-order valence-corrected chi connectivity index (χ3v) is 2.11. The Bertz CT molecular complexity index is 196. The molecule has 11 heavy (non-hydrogen) atoms. The number of rotatable bonds is 1. The quantitative estimate of drug-likeness (QED) is 0.552. The van der Waals surface area contributed by atoms with Crippen molar-refractivity contribution < 1.29 is 15.0 Å². The maximum absolute atomic E-state index is 10.5. The number of aliphatic carboxylic acids is 1. The molecule has 0 amide bonds. The highest BCUT2D eigenvalue weighted by Crippen LogP contribution is 2.23. The third kappa shape index (κ3) is 1.80. The second-order valence-corrected chi connectivity index (χ2v) is 2.97. The number of carboxylic acid groups (broad SMARTS) is 1. The van der Waals surface area contributed by atoms with Gasteiger partial charge in [-0.15, -0.1) is 0 Å². The molecule has 0 heterocycles. The Labute approximate surface area is 65.3 Å². The normalized spacial score (nSPS) is 31.3. The van der Waals surface area contributed by atoms with E-state index in [4.69, 9.17) is 5.11 Å². The number of hydrogen-bond acceptors (Lipinski definition) is 2. The highest BCUT2D eigenvalue weighted by Gasteiger charge is 2.24. The first-order chi connectivity index (χ1) is 5.11. The minimum atomic E-state index is -0.812. The summed E-state index contributed by atoms with van der Waals surface area (Å²) in [6, 6.07) is 0. The summed E-state index contributed by atoms with van der Waals surface area (Å²) in [5, 5.41) is 17.9. The Morgan fingerprint density at radius 3 is 2.82 bits per heavy atom. The maximum atomic E-state index is 10.5. The number of allylic oxidation sites excluding steroid dienone is 1. The summed E-state index contributed by atoms with van der Waals surface area (Å²) in [6.07, 6.45) is 2.16. The van der Waals surface area contributed by atoms with Crippen LogP contribution < -0.4 is 0 Å². The fourth-order valence-corrected chi connectivity index (χ4v) is 1.22.